The highest BCUT2D eigenvalue weighted by Gasteiger charge is 2.15. The summed E-state index contributed by atoms with van der Waals surface area (Å²) in [6.45, 7) is 1.83. The minimum Gasteiger partial charge on any atom is -0.469 e. The van der Waals surface area contributed by atoms with Crippen molar-refractivity contribution in [2.75, 3.05) is 14.2 Å². The summed E-state index contributed by atoms with van der Waals surface area (Å²) in [6.07, 6.45) is 2.99. The van der Waals surface area contributed by atoms with E-state index in [4.69, 9.17) is 5.73 Å². The van der Waals surface area contributed by atoms with Gasteiger partial charge in [-0.05, 0) is 12.8 Å². The molecule has 2 atom stereocenters. The Kier molecular flexibility index (Phi) is 7.54. The van der Waals surface area contributed by atoms with Crippen molar-refractivity contribution in [1.82, 2.24) is 0 Å². The predicted molar refractivity (Wildman–Crippen MR) is 59.6 cm³/mol. The van der Waals surface area contributed by atoms with Crippen LogP contribution in [-0.2, 0) is 19.1 Å². The van der Waals surface area contributed by atoms with Crippen LogP contribution in [0, 0.1) is 5.92 Å². The standard InChI is InChI=1S/C11H21NO4/c1-8(10(13)15-2)6-4-5-7-9(12)11(14)16-3/h8-9H,4-7,12H2,1-3H3. The Bertz CT molecular complexity index is 206. The molecule has 0 saturated heterocycles. The Balaban J connectivity index is 3.60. The first-order chi connectivity index (χ1) is 7.52. The Hall–Kier alpha value is -1.10. The van der Waals surface area contributed by atoms with Gasteiger partial charge in [0.25, 0.3) is 0 Å². The molecule has 0 rings (SSSR count). The Morgan fingerprint density at radius 1 is 1.06 bits per heavy atom. The average molecular weight is 231 g/mol. The van der Waals surface area contributed by atoms with E-state index in [1.807, 2.05) is 6.92 Å². The molecule has 0 amide bonds. The van der Waals surface area contributed by atoms with Crippen LogP contribution in [0.5, 0.6) is 0 Å². The lowest BCUT2D eigenvalue weighted by Gasteiger charge is -2.10. The summed E-state index contributed by atoms with van der Waals surface area (Å²) >= 11 is 0. The summed E-state index contributed by atoms with van der Waals surface area (Å²) in [6, 6.07) is -0.557. The fourth-order valence-electron chi connectivity index (χ4n) is 1.40. The van der Waals surface area contributed by atoms with Gasteiger partial charge >= 0.3 is 11.9 Å². The van der Waals surface area contributed by atoms with E-state index in [0.29, 0.717) is 6.42 Å². The summed E-state index contributed by atoms with van der Waals surface area (Å²) in [7, 11) is 2.70. The van der Waals surface area contributed by atoms with Crippen LogP contribution in [0.3, 0.4) is 0 Å². The van der Waals surface area contributed by atoms with E-state index < -0.39 is 6.04 Å². The number of rotatable bonds is 7. The second-order valence-corrected chi connectivity index (χ2v) is 3.84. The highest BCUT2D eigenvalue weighted by molar-refractivity contribution is 5.75. The zero-order chi connectivity index (χ0) is 12.6. The number of nitrogens with two attached hydrogens (primary N) is 1. The van der Waals surface area contributed by atoms with Gasteiger partial charge in [0, 0.05) is 0 Å². The first kappa shape index (κ1) is 14.9. The lowest BCUT2D eigenvalue weighted by atomic mass is 10.0. The third-order valence-electron chi connectivity index (χ3n) is 2.51. The van der Waals surface area contributed by atoms with Crippen LogP contribution in [0.2, 0.25) is 0 Å². The van der Waals surface area contributed by atoms with Crippen molar-refractivity contribution in [3.8, 4) is 0 Å². The molecule has 0 aliphatic rings. The number of hydrogen-bond donors (Lipinski definition) is 1. The van der Waals surface area contributed by atoms with Gasteiger partial charge in [-0.25, -0.2) is 0 Å². The number of hydrogen-bond acceptors (Lipinski definition) is 5. The third-order valence-corrected chi connectivity index (χ3v) is 2.51. The van der Waals surface area contributed by atoms with Crippen molar-refractivity contribution in [1.29, 1.82) is 0 Å². The summed E-state index contributed by atoms with van der Waals surface area (Å²) < 4.78 is 9.12. The number of unbranched alkanes of at least 4 members (excludes halogenated alkanes) is 1. The molecule has 16 heavy (non-hydrogen) atoms. The first-order valence-corrected chi connectivity index (χ1v) is 5.44. The van der Waals surface area contributed by atoms with E-state index in [0.717, 1.165) is 19.3 Å². The topological polar surface area (TPSA) is 78.6 Å². The molecule has 0 spiro atoms. The Morgan fingerprint density at radius 2 is 1.56 bits per heavy atom. The number of carbonyl (C=O) groups is 2. The summed E-state index contributed by atoms with van der Waals surface area (Å²) in [5.74, 6) is -0.683. The molecule has 2 unspecified atom stereocenters. The number of methoxy groups -OCH3 is 2. The number of ether oxygens (including phenoxy) is 2. The quantitative estimate of drug-likeness (QED) is 0.519. The van der Waals surface area contributed by atoms with E-state index in [1.54, 1.807) is 0 Å². The van der Waals surface area contributed by atoms with Crippen LogP contribution in [-0.4, -0.2) is 32.2 Å². The molecule has 0 aromatic carbocycles. The zero-order valence-electron chi connectivity index (χ0n) is 10.2. The highest BCUT2D eigenvalue weighted by Crippen LogP contribution is 2.11. The molecule has 0 saturated carbocycles. The molecule has 5 nitrogen and oxygen atoms in total. The maximum Gasteiger partial charge on any atom is 0.322 e. The lowest BCUT2D eigenvalue weighted by Crippen LogP contribution is -2.31. The normalized spacial score (nSPS) is 14.0. The molecule has 94 valence electrons. The van der Waals surface area contributed by atoms with Gasteiger partial charge in [0.15, 0.2) is 0 Å². The lowest BCUT2D eigenvalue weighted by molar-refractivity contribution is -0.145. The Labute approximate surface area is 96.3 Å². The van der Waals surface area contributed by atoms with Crippen molar-refractivity contribution in [2.24, 2.45) is 11.7 Å². The van der Waals surface area contributed by atoms with Crippen LogP contribution in [0.15, 0.2) is 0 Å². The van der Waals surface area contributed by atoms with Crippen molar-refractivity contribution in [3.05, 3.63) is 0 Å². The molecule has 2 N–H and O–H groups in total. The van der Waals surface area contributed by atoms with Crippen LogP contribution in [0.4, 0.5) is 0 Å². The van der Waals surface area contributed by atoms with Gasteiger partial charge < -0.3 is 15.2 Å². The van der Waals surface area contributed by atoms with Crippen molar-refractivity contribution in [3.63, 3.8) is 0 Å². The molecule has 0 aromatic rings. The molecule has 5 heteroatoms. The van der Waals surface area contributed by atoms with E-state index in [-0.39, 0.29) is 17.9 Å². The van der Waals surface area contributed by atoms with Crippen molar-refractivity contribution < 1.29 is 19.1 Å². The summed E-state index contributed by atoms with van der Waals surface area (Å²) in [5.41, 5.74) is 5.56. The monoisotopic (exact) mass is 231 g/mol. The molecule has 0 fully saturated rings. The van der Waals surface area contributed by atoms with Gasteiger partial charge in [0.05, 0.1) is 20.1 Å². The largest absolute Gasteiger partial charge is 0.469 e. The molecule has 0 aromatic heterocycles. The van der Waals surface area contributed by atoms with E-state index in [1.165, 1.54) is 14.2 Å². The second-order valence-electron chi connectivity index (χ2n) is 3.84. The van der Waals surface area contributed by atoms with Crippen LogP contribution in [0.1, 0.15) is 32.6 Å². The van der Waals surface area contributed by atoms with Crippen molar-refractivity contribution in [2.45, 2.75) is 38.6 Å². The number of esters is 2. The van der Waals surface area contributed by atoms with Gasteiger partial charge in [-0.15, -0.1) is 0 Å². The maximum atomic E-state index is 11.1. The zero-order valence-corrected chi connectivity index (χ0v) is 10.2. The van der Waals surface area contributed by atoms with Gasteiger partial charge in [0.2, 0.25) is 0 Å². The van der Waals surface area contributed by atoms with E-state index >= 15 is 0 Å². The predicted octanol–water partition coefficient (Wildman–Crippen LogP) is 0.856. The average Bonchev–Trinajstić information content (AvgIpc) is 2.31. The highest BCUT2D eigenvalue weighted by atomic mass is 16.5. The number of carbonyl (C=O) groups excluding carboxylic acids is 2. The molecule has 0 radical (unpaired) electrons. The minimum absolute atomic E-state index is 0.0978. The molecule has 0 aliphatic carbocycles. The van der Waals surface area contributed by atoms with Crippen molar-refractivity contribution >= 4 is 11.9 Å². The Morgan fingerprint density at radius 3 is 2.06 bits per heavy atom. The van der Waals surface area contributed by atoms with Crippen LogP contribution < -0.4 is 5.73 Å². The summed E-state index contributed by atoms with van der Waals surface area (Å²) in [5, 5.41) is 0. The first-order valence-electron chi connectivity index (χ1n) is 5.44. The fraction of sp³-hybridized carbons (Fsp3) is 0.818. The van der Waals surface area contributed by atoms with E-state index in [2.05, 4.69) is 9.47 Å². The molecule has 0 heterocycles. The van der Waals surface area contributed by atoms with Gasteiger partial charge in [-0.2, -0.15) is 0 Å². The third kappa shape index (κ3) is 5.70. The summed E-state index contributed by atoms with van der Waals surface area (Å²) in [4.78, 5) is 22.0. The molecule has 0 bridgehead atoms. The van der Waals surface area contributed by atoms with E-state index in [9.17, 15) is 9.59 Å². The van der Waals surface area contributed by atoms with Crippen LogP contribution >= 0.6 is 0 Å². The smallest absolute Gasteiger partial charge is 0.322 e. The molecule has 0 aliphatic heterocycles. The van der Waals surface area contributed by atoms with Gasteiger partial charge in [-0.3, -0.25) is 9.59 Å². The van der Waals surface area contributed by atoms with Gasteiger partial charge in [0.1, 0.15) is 6.04 Å². The fourth-order valence-corrected chi connectivity index (χ4v) is 1.40. The van der Waals surface area contributed by atoms with Crippen LogP contribution in [0.25, 0.3) is 0 Å². The molecular weight excluding hydrogens is 210 g/mol. The van der Waals surface area contributed by atoms with Gasteiger partial charge in [-0.1, -0.05) is 19.8 Å². The molecular formula is C11H21NO4. The maximum absolute atomic E-state index is 11.1. The second kappa shape index (κ2) is 8.10. The minimum atomic E-state index is -0.557. The SMILES string of the molecule is COC(=O)C(C)CCCCC(N)C(=O)OC.